The van der Waals surface area contributed by atoms with Crippen molar-refractivity contribution in [3.05, 3.63) is 42.1 Å². The number of nitrogens with zero attached hydrogens (tertiary/aromatic N) is 2. The minimum Gasteiger partial charge on any atom is -0.496 e. The van der Waals surface area contributed by atoms with Gasteiger partial charge in [-0.15, -0.1) is 0 Å². The molecule has 0 spiro atoms. The smallest absolute Gasteiger partial charge is 0.224 e. The van der Waals surface area contributed by atoms with Crippen molar-refractivity contribution in [1.82, 2.24) is 9.97 Å². The summed E-state index contributed by atoms with van der Waals surface area (Å²) in [4.78, 5) is 8.81. The van der Waals surface area contributed by atoms with E-state index in [1.165, 1.54) is 25.7 Å². The molecule has 3 rings (SSSR count). The van der Waals surface area contributed by atoms with Crippen LogP contribution in [0.2, 0.25) is 0 Å². The normalized spacial score (nSPS) is 14.8. The number of hydrogen-bond donors (Lipinski definition) is 2. The Morgan fingerprint density at radius 2 is 2.00 bits per heavy atom. The Hall–Kier alpha value is -2.30. The van der Waals surface area contributed by atoms with E-state index in [0.717, 1.165) is 17.1 Å². The molecule has 0 saturated heterocycles. The van der Waals surface area contributed by atoms with Crippen molar-refractivity contribution in [2.75, 3.05) is 17.7 Å². The van der Waals surface area contributed by atoms with Gasteiger partial charge in [0.25, 0.3) is 0 Å². The summed E-state index contributed by atoms with van der Waals surface area (Å²) in [6.07, 6.45) is 6.86. The number of anilines is 2. The van der Waals surface area contributed by atoms with Crippen LogP contribution in [0.5, 0.6) is 5.75 Å². The number of benzene rings is 1. The van der Waals surface area contributed by atoms with Crippen LogP contribution < -0.4 is 15.4 Å². The largest absolute Gasteiger partial charge is 0.496 e. The van der Waals surface area contributed by atoms with Crippen LogP contribution in [-0.4, -0.2) is 23.1 Å². The van der Waals surface area contributed by atoms with Gasteiger partial charge < -0.3 is 15.4 Å². The minimum absolute atomic E-state index is 0.553. The summed E-state index contributed by atoms with van der Waals surface area (Å²) in [5.41, 5.74) is 1.09. The first-order valence-electron chi connectivity index (χ1n) is 7.80. The molecule has 1 aromatic heterocycles. The van der Waals surface area contributed by atoms with Crippen LogP contribution >= 0.6 is 0 Å². The SMILES string of the molecule is COc1ccccc1CNc1nccc(NC2CCCC2)n1. The van der Waals surface area contributed by atoms with Crippen molar-refractivity contribution in [3.8, 4) is 5.75 Å². The van der Waals surface area contributed by atoms with Gasteiger partial charge in [-0.1, -0.05) is 31.0 Å². The predicted octanol–water partition coefficient (Wildman–Crippen LogP) is 3.45. The monoisotopic (exact) mass is 298 g/mol. The van der Waals surface area contributed by atoms with Crippen LogP contribution in [0.4, 0.5) is 11.8 Å². The molecule has 1 heterocycles. The van der Waals surface area contributed by atoms with E-state index in [4.69, 9.17) is 4.74 Å². The standard InChI is InChI=1S/C17H22N4O/c1-22-15-9-5-2-6-13(15)12-19-17-18-11-10-16(21-17)20-14-7-3-4-8-14/h2,5-6,9-11,14H,3-4,7-8,12H2,1H3,(H2,18,19,20,21). The van der Waals surface area contributed by atoms with E-state index < -0.39 is 0 Å². The summed E-state index contributed by atoms with van der Waals surface area (Å²) in [5, 5.41) is 6.74. The fraction of sp³-hybridized carbons (Fsp3) is 0.412. The number of hydrogen-bond acceptors (Lipinski definition) is 5. The fourth-order valence-corrected chi connectivity index (χ4v) is 2.83. The molecule has 22 heavy (non-hydrogen) atoms. The molecule has 5 nitrogen and oxygen atoms in total. The number of methoxy groups -OCH3 is 1. The van der Waals surface area contributed by atoms with Gasteiger partial charge in [0.2, 0.25) is 5.95 Å². The van der Waals surface area contributed by atoms with Gasteiger partial charge in [0.15, 0.2) is 0 Å². The lowest BCUT2D eigenvalue weighted by molar-refractivity contribution is 0.410. The highest BCUT2D eigenvalue weighted by Crippen LogP contribution is 2.22. The molecular formula is C17H22N4O. The van der Waals surface area contributed by atoms with Gasteiger partial charge in [-0.3, -0.25) is 0 Å². The molecule has 1 aliphatic carbocycles. The van der Waals surface area contributed by atoms with Gasteiger partial charge in [0.1, 0.15) is 11.6 Å². The second-order valence-corrected chi connectivity index (χ2v) is 5.56. The molecule has 5 heteroatoms. The summed E-state index contributed by atoms with van der Waals surface area (Å²) in [6.45, 7) is 0.636. The number of aromatic nitrogens is 2. The van der Waals surface area contributed by atoms with Crippen molar-refractivity contribution in [2.24, 2.45) is 0 Å². The molecule has 1 saturated carbocycles. The molecule has 2 N–H and O–H groups in total. The van der Waals surface area contributed by atoms with Crippen LogP contribution in [0.3, 0.4) is 0 Å². The number of rotatable bonds is 6. The van der Waals surface area contributed by atoms with Crippen LogP contribution in [0.1, 0.15) is 31.2 Å². The van der Waals surface area contributed by atoms with Gasteiger partial charge in [-0.25, -0.2) is 4.98 Å². The third-order valence-electron chi connectivity index (χ3n) is 3.99. The topological polar surface area (TPSA) is 59.1 Å². The van der Waals surface area contributed by atoms with E-state index >= 15 is 0 Å². The van der Waals surface area contributed by atoms with Crippen LogP contribution in [-0.2, 0) is 6.54 Å². The first-order chi connectivity index (χ1) is 10.8. The zero-order valence-electron chi connectivity index (χ0n) is 12.9. The average molecular weight is 298 g/mol. The minimum atomic E-state index is 0.553. The van der Waals surface area contributed by atoms with Crippen molar-refractivity contribution < 1.29 is 4.74 Å². The molecule has 116 valence electrons. The number of para-hydroxylation sites is 1. The van der Waals surface area contributed by atoms with Gasteiger partial charge in [-0.2, -0.15) is 4.98 Å². The fourth-order valence-electron chi connectivity index (χ4n) is 2.83. The molecule has 1 aliphatic rings. The predicted molar refractivity (Wildman–Crippen MR) is 88.2 cm³/mol. The third-order valence-corrected chi connectivity index (χ3v) is 3.99. The van der Waals surface area contributed by atoms with Crippen molar-refractivity contribution >= 4 is 11.8 Å². The van der Waals surface area contributed by atoms with Gasteiger partial charge in [0, 0.05) is 24.3 Å². The van der Waals surface area contributed by atoms with E-state index in [1.807, 2.05) is 30.3 Å². The van der Waals surface area contributed by atoms with E-state index in [2.05, 4.69) is 20.6 Å². The Morgan fingerprint density at radius 3 is 2.82 bits per heavy atom. The zero-order chi connectivity index (χ0) is 15.2. The highest BCUT2D eigenvalue weighted by atomic mass is 16.5. The molecule has 0 radical (unpaired) electrons. The highest BCUT2D eigenvalue weighted by Gasteiger charge is 2.15. The summed E-state index contributed by atoms with van der Waals surface area (Å²) < 4.78 is 5.35. The van der Waals surface area contributed by atoms with Gasteiger partial charge in [0.05, 0.1) is 7.11 Å². The summed E-state index contributed by atoms with van der Waals surface area (Å²) in [6, 6.07) is 10.4. The number of nitrogens with one attached hydrogen (secondary N) is 2. The molecule has 0 atom stereocenters. The summed E-state index contributed by atoms with van der Waals surface area (Å²) in [5.74, 6) is 2.40. The molecule has 0 aliphatic heterocycles. The van der Waals surface area contributed by atoms with Crippen LogP contribution in [0, 0.1) is 0 Å². The van der Waals surface area contributed by atoms with Crippen LogP contribution in [0.15, 0.2) is 36.5 Å². The van der Waals surface area contributed by atoms with E-state index in [1.54, 1.807) is 13.3 Å². The maximum Gasteiger partial charge on any atom is 0.224 e. The molecule has 0 unspecified atom stereocenters. The number of ether oxygens (including phenoxy) is 1. The molecule has 2 aromatic rings. The summed E-state index contributed by atoms with van der Waals surface area (Å²) >= 11 is 0. The van der Waals surface area contributed by atoms with Crippen molar-refractivity contribution in [3.63, 3.8) is 0 Å². The Kier molecular flexibility index (Phi) is 4.73. The van der Waals surface area contributed by atoms with Crippen molar-refractivity contribution in [2.45, 2.75) is 38.3 Å². The lowest BCUT2D eigenvalue weighted by Gasteiger charge is -2.13. The third kappa shape index (κ3) is 3.67. The first kappa shape index (κ1) is 14.6. The lowest BCUT2D eigenvalue weighted by atomic mass is 10.2. The van der Waals surface area contributed by atoms with Gasteiger partial charge >= 0.3 is 0 Å². The Balaban J connectivity index is 1.62. The molecule has 1 fully saturated rings. The Bertz CT molecular complexity index is 611. The zero-order valence-corrected chi connectivity index (χ0v) is 12.9. The van der Waals surface area contributed by atoms with E-state index in [-0.39, 0.29) is 0 Å². The van der Waals surface area contributed by atoms with Gasteiger partial charge in [-0.05, 0) is 25.0 Å². The average Bonchev–Trinajstić information content (AvgIpc) is 3.06. The molecule has 0 bridgehead atoms. The molecule has 0 amide bonds. The second kappa shape index (κ2) is 7.11. The Labute approximate surface area is 131 Å². The maximum atomic E-state index is 5.35. The quantitative estimate of drug-likeness (QED) is 0.855. The highest BCUT2D eigenvalue weighted by molar-refractivity contribution is 5.42. The second-order valence-electron chi connectivity index (χ2n) is 5.56. The Morgan fingerprint density at radius 1 is 1.18 bits per heavy atom. The maximum absolute atomic E-state index is 5.35. The van der Waals surface area contributed by atoms with Crippen LogP contribution in [0.25, 0.3) is 0 Å². The molecule has 1 aromatic carbocycles. The lowest BCUT2D eigenvalue weighted by Crippen LogP contribution is -2.16. The van der Waals surface area contributed by atoms with E-state index in [0.29, 0.717) is 18.5 Å². The first-order valence-corrected chi connectivity index (χ1v) is 7.80. The summed E-state index contributed by atoms with van der Waals surface area (Å²) in [7, 11) is 1.68. The van der Waals surface area contributed by atoms with E-state index in [9.17, 15) is 0 Å². The van der Waals surface area contributed by atoms with Crippen molar-refractivity contribution in [1.29, 1.82) is 0 Å². The molecular weight excluding hydrogens is 276 g/mol.